The quantitative estimate of drug-likeness (QED) is 0.693. The van der Waals surface area contributed by atoms with Gasteiger partial charge in [-0.1, -0.05) is 0 Å². The maximum atomic E-state index is 12.3. The average molecular weight is 395 g/mol. The SMILES string of the molecule is O=C(NCc1ccncc1)c1ccc(OC2CCN(c3nccs3)CC2)cc1. The maximum Gasteiger partial charge on any atom is 0.251 e. The molecule has 7 heteroatoms. The molecule has 1 fully saturated rings. The third kappa shape index (κ3) is 4.67. The highest BCUT2D eigenvalue weighted by atomic mass is 32.1. The van der Waals surface area contributed by atoms with Gasteiger partial charge < -0.3 is 15.0 Å². The summed E-state index contributed by atoms with van der Waals surface area (Å²) in [6.07, 6.45) is 7.41. The van der Waals surface area contributed by atoms with Gasteiger partial charge in [-0.15, -0.1) is 11.3 Å². The van der Waals surface area contributed by atoms with Crippen LogP contribution in [0.1, 0.15) is 28.8 Å². The van der Waals surface area contributed by atoms with Gasteiger partial charge in [-0.25, -0.2) is 4.98 Å². The maximum absolute atomic E-state index is 12.3. The smallest absolute Gasteiger partial charge is 0.251 e. The number of carbonyl (C=O) groups is 1. The van der Waals surface area contributed by atoms with Crippen molar-refractivity contribution < 1.29 is 9.53 Å². The normalized spacial score (nSPS) is 14.6. The first-order chi connectivity index (χ1) is 13.8. The van der Waals surface area contributed by atoms with Crippen LogP contribution in [0.2, 0.25) is 0 Å². The van der Waals surface area contributed by atoms with Crippen molar-refractivity contribution in [2.75, 3.05) is 18.0 Å². The summed E-state index contributed by atoms with van der Waals surface area (Å²) in [4.78, 5) is 22.9. The van der Waals surface area contributed by atoms with Crippen molar-refractivity contribution in [3.05, 3.63) is 71.5 Å². The zero-order valence-electron chi connectivity index (χ0n) is 15.5. The first kappa shape index (κ1) is 18.4. The molecule has 1 aromatic carbocycles. The van der Waals surface area contributed by atoms with Crippen LogP contribution in [0.15, 0.2) is 60.4 Å². The number of rotatable bonds is 6. The molecule has 1 saturated heterocycles. The lowest BCUT2D eigenvalue weighted by Crippen LogP contribution is -2.38. The summed E-state index contributed by atoms with van der Waals surface area (Å²) in [6, 6.07) is 11.1. The Kier molecular flexibility index (Phi) is 5.82. The number of nitrogens with zero attached hydrogens (tertiary/aromatic N) is 3. The number of hydrogen-bond acceptors (Lipinski definition) is 6. The molecular weight excluding hydrogens is 372 g/mol. The summed E-state index contributed by atoms with van der Waals surface area (Å²) in [5, 5.41) is 6.01. The fraction of sp³-hybridized carbons (Fsp3) is 0.286. The van der Waals surface area contributed by atoms with Crippen LogP contribution in [0, 0.1) is 0 Å². The average Bonchev–Trinajstić information content (AvgIpc) is 3.29. The molecule has 1 aliphatic rings. The topological polar surface area (TPSA) is 67.3 Å². The molecule has 0 bridgehead atoms. The van der Waals surface area contributed by atoms with Crippen molar-refractivity contribution >= 4 is 22.4 Å². The van der Waals surface area contributed by atoms with E-state index in [1.807, 2.05) is 48.0 Å². The summed E-state index contributed by atoms with van der Waals surface area (Å²) < 4.78 is 6.10. The fourth-order valence-electron chi connectivity index (χ4n) is 3.20. The predicted molar refractivity (Wildman–Crippen MR) is 110 cm³/mol. The molecule has 0 saturated carbocycles. The molecular formula is C21H22N4O2S. The van der Waals surface area contributed by atoms with Crippen molar-refractivity contribution in [1.29, 1.82) is 0 Å². The molecule has 1 N–H and O–H groups in total. The monoisotopic (exact) mass is 394 g/mol. The molecule has 0 unspecified atom stereocenters. The van der Waals surface area contributed by atoms with E-state index in [1.54, 1.807) is 23.7 Å². The Bertz CT molecular complexity index is 877. The third-order valence-corrected chi connectivity index (χ3v) is 5.59. The van der Waals surface area contributed by atoms with E-state index >= 15 is 0 Å². The highest BCUT2D eigenvalue weighted by Crippen LogP contribution is 2.24. The van der Waals surface area contributed by atoms with Crippen molar-refractivity contribution in [3.8, 4) is 5.75 Å². The first-order valence-electron chi connectivity index (χ1n) is 9.36. The molecule has 3 aromatic rings. The number of hydrogen-bond donors (Lipinski definition) is 1. The molecule has 0 aliphatic carbocycles. The van der Waals surface area contributed by atoms with E-state index in [0.29, 0.717) is 12.1 Å². The van der Waals surface area contributed by atoms with Crippen molar-refractivity contribution in [1.82, 2.24) is 15.3 Å². The second-order valence-electron chi connectivity index (χ2n) is 6.68. The lowest BCUT2D eigenvalue weighted by Gasteiger charge is -2.31. The molecule has 3 heterocycles. The molecule has 1 aliphatic heterocycles. The second kappa shape index (κ2) is 8.84. The Morgan fingerprint density at radius 2 is 1.86 bits per heavy atom. The Balaban J connectivity index is 1.26. The lowest BCUT2D eigenvalue weighted by atomic mass is 10.1. The molecule has 0 atom stereocenters. The number of carbonyl (C=O) groups excluding carboxylic acids is 1. The Morgan fingerprint density at radius 1 is 1.11 bits per heavy atom. The van der Waals surface area contributed by atoms with Crippen molar-refractivity contribution in [2.45, 2.75) is 25.5 Å². The first-order valence-corrected chi connectivity index (χ1v) is 10.2. The van der Waals surface area contributed by atoms with E-state index in [0.717, 1.165) is 42.4 Å². The second-order valence-corrected chi connectivity index (χ2v) is 7.55. The van der Waals surface area contributed by atoms with Crippen LogP contribution in [-0.4, -0.2) is 35.1 Å². The largest absolute Gasteiger partial charge is 0.490 e. The predicted octanol–water partition coefficient (Wildman–Crippen LogP) is 3.52. The van der Waals surface area contributed by atoms with Crippen LogP contribution in [0.25, 0.3) is 0 Å². The number of thiazole rings is 1. The van der Waals surface area contributed by atoms with E-state index < -0.39 is 0 Å². The Labute approximate surface area is 168 Å². The summed E-state index contributed by atoms with van der Waals surface area (Å²) in [6.45, 7) is 2.39. The number of benzene rings is 1. The number of ether oxygens (including phenoxy) is 1. The third-order valence-electron chi connectivity index (χ3n) is 4.75. The van der Waals surface area contributed by atoms with Crippen molar-refractivity contribution in [3.63, 3.8) is 0 Å². The standard InChI is InChI=1S/C21H22N4O2S/c26-20(24-15-16-5-9-22-10-6-16)17-1-3-18(4-2-17)27-19-7-12-25(13-8-19)21-23-11-14-28-21/h1-6,9-11,14,19H,7-8,12-13,15H2,(H,24,26). The molecule has 4 rings (SSSR count). The number of nitrogens with one attached hydrogen (secondary N) is 1. The number of anilines is 1. The number of pyridine rings is 1. The molecule has 1 amide bonds. The number of piperidine rings is 1. The Morgan fingerprint density at radius 3 is 2.54 bits per heavy atom. The van der Waals surface area contributed by atoms with Gasteiger partial charge in [0.05, 0.1) is 0 Å². The van der Waals surface area contributed by atoms with E-state index in [2.05, 4.69) is 20.2 Å². The van der Waals surface area contributed by atoms with Gasteiger partial charge in [-0.3, -0.25) is 9.78 Å². The van der Waals surface area contributed by atoms with Gasteiger partial charge >= 0.3 is 0 Å². The van der Waals surface area contributed by atoms with Crippen LogP contribution >= 0.6 is 11.3 Å². The lowest BCUT2D eigenvalue weighted by molar-refractivity contribution is 0.0951. The van der Waals surface area contributed by atoms with Gasteiger partial charge in [0.1, 0.15) is 11.9 Å². The van der Waals surface area contributed by atoms with Crippen LogP contribution < -0.4 is 15.0 Å². The van der Waals surface area contributed by atoms with Crippen LogP contribution in [-0.2, 0) is 6.54 Å². The summed E-state index contributed by atoms with van der Waals surface area (Å²) in [5.41, 5.74) is 1.65. The highest BCUT2D eigenvalue weighted by Gasteiger charge is 2.22. The van der Waals surface area contributed by atoms with Gasteiger partial charge in [0.2, 0.25) is 0 Å². The molecule has 28 heavy (non-hydrogen) atoms. The van der Waals surface area contributed by atoms with Gasteiger partial charge in [0.15, 0.2) is 5.13 Å². The van der Waals surface area contributed by atoms with E-state index in [4.69, 9.17) is 4.74 Å². The van der Waals surface area contributed by atoms with Crippen LogP contribution in [0.3, 0.4) is 0 Å². The summed E-state index contributed by atoms with van der Waals surface area (Å²) in [7, 11) is 0. The molecule has 144 valence electrons. The number of amides is 1. The minimum absolute atomic E-state index is 0.0971. The Hall–Kier alpha value is -2.93. The van der Waals surface area contributed by atoms with Crippen molar-refractivity contribution in [2.24, 2.45) is 0 Å². The zero-order valence-corrected chi connectivity index (χ0v) is 16.3. The van der Waals surface area contributed by atoms with Crippen LogP contribution in [0.5, 0.6) is 5.75 Å². The number of aromatic nitrogens is 2. The minimum atomic E-state index is -0.0971. The molecule has 6 nitrogen and oxygen atoms in total. The molecule has 0 radical (unpaired) electrons. The van der Waals surface area contributed by atoms with Gasteiger partial charge in [-0.05, 0) is 42.0 Å². The minimum Gasteiger partial charge on any atom is -0.490 e. The molecule has 2 aromatic heterocycles. The fourth-order valence-corrected chi connectivity index (χ4v) is 3.90. The van der Waals surface area contributed by atoms with Gasteiger partial charge in [0, 0.05) is 62.0 Å². The van der Waals surface area contributed by atoms with Gasteiger partial charge in [-0.2, -0.15) is 0 Å². The van der Waals surface area contributed by atoms with Crippen LogP contribution in [0.4, 0.5) is 5.13 Å². The highest BCUT2D eigenvalue weighted by molar-refractivity contribution is 7.13. The van der Waals surface area contributed by atoms with E-state index in [1.165, 1.54) is 0 Å². The van der Waals surface area contributed by atoms with E-state index in [-0.39, 0.29) is 12.0 Å². The molecule has 0 spiro atoms. The summed E-state index contributed by atoms with van der Waals surface area (Å²) in [5.74, 6) is 0.707. The zero-order chi connectivity index (χ0) is 19.2. The van der Waals surface area contributed by atoms with Gasteiger partial charge in [0.25, 0.3) is 5.91 Å². The van der Waals surface area contributed by atoms with E-state index in [9.17, 15) is 4.79 Å². The summed E-state index contributed by atoms with van der Waals surface area (Å²) >= 11 is 1.67.